The van der Waals surface area contributed by atoms with Gasteiger partial charge in [0, 0.05) is 0 Å². The summed E-state index contributed by atoms with van der Waals surface area (Å²) in [6, 6.07) is 37.2. The van der Waals surface area contributed by atoms with E-state index in [1.165, 1.54) is 7.11 Å². The summed E-state index contributed by atoms with van der Waals surface area (Å²) in [6.45, 7) is 0. The number of benzene rings is 4. The normalized spacial score (nSPS) is 11.1. The number of rotatable bonds is 7. The van der Waals surface area contributed by atoms with Gasteiger partial charge in [-0.25, -0.2) is 18.6 Å². The first-order valence-corrected chi connectivity index (χ1v) is 15.0. The average Bonchev–Trinajstić information content (AvgIpc) is 2.93. The third kappa shape index (κ3) is 7.79. The van der Waals surface area contributed by atoms with Crippen LogP contribution in [-0.2, 0) is 0 Å². The Morgan fingerprint density at radius 3 is 1.41 bits per heavy atom. The predicted octanol–water partition coefficient (Wildman–Crippen LogP) is 1.27. The molecule has 0 spiro atoms. The van der Waals surface area contributed by atoms with Crippen LogP contribution in [0.1, 0.15) is 10.4 Å². The molecule has 11 heteroatoms. The molecule has 1 N–H and O–H groups in total. The maximum absolute atomic E-state index is 13.6. The second-order valence-corrected chi connectivity index (χ2v) is 12.9. The number of ether oxygens (including phenoxy) is 1. The van der Waals surface area contributed by atoms with Crippen molar-refractivity contribution in [3.63, 3.8) is 0 Å². The summed E-state index contributed by atoms with van der Waals surface area (Å²) in [5, 5.41) is 6.14. The van der Waals surface area contributed by atoms with Crippen molar-refractivity contribution >= 4 is 52.3 Å². The molecule has 0 heterocycles. The fourth-order valence-corrected chi connectivity index (χ4v) is 8.96. The van der Waals surface area contributed by atoms with E-state index >= 15 is 0 Å². The van der Waals surface area contributed by atoms with Crippen LogP contribution in [0.2, 0.25) is 0 Å². The van der Waals surface area contributed by atoms with Crippen LogP contribution >= 0.6 is 30.5 Å². The molecule has 0 bridgehead atoms. The van der Waals surface area contributed by atoms with Crippen molar-refractivity contribution in [2.24, 2.45) is 0 Å². The molecule has 0 aliphatic carbocycles. The predicted molar refractivity (Wildman–Crippen MR) is 144 cm³/mol. The Hall–Kier alpha value is -2.97. The number of amides is 1. The third-order valence-corrected chi connectivity index (χ3v) is 10.4. The van der Waals surface area contributed by atoms with Crippen LogP contribution in [0, 0.1) is 10.2 Å². The highest BCUT2D eigenvalue weighted by Gasteiger charge is 2.52. The van der Waals surface area contributed by atoms with Gasteiger partial charge in [0.05, 0.1) is 12.7 Å². The molecule has 1 amide bonds. The molecule has 39 heavy (non-hydrogen) atoms. The molecule has 0 atom stereocenters. The van der Waals surface area contributed by atoms with Gasteiger partial charge in [0.25, 0.3) is 5.91 Å². The molecule has 202 valence electrons. The molecule has 0 aliphatic heterocycles. The van der Waals surface area contributed by atoms with Gasteiger partial charge in [0.15, 0.2) is 11.8 Å². The highest BCUT2D eigenvalue weighted by molar-refractivity contribution is 7.99. The molecule has 0 saturated heterocycles. The van der Waals surface area contributed by atoms with Crippen molar-refractivity contribution in [3.05, 3.63) is 131 Å². The van der Waals surface area contributed by atoms with Gasteiger partial charge in [-0.15, -0.1) is 10.2 Å². The number of hydrogen-bond acceptors (Lipinski definition) is 6. The zero-order valence-electron chi connectivity index (χ0n) is 20.5. The molecule has 0 saturated carbocycles. The summed E-state index contributed by atoms with van der Waals surface area (Å²) in [4.78, 5) is 13.6. The van der Waals surface area contributed by atoms with Crippen molar-refractivity contribution in [2.75, 3.05) is 7.11 Å². The van der Waals surface area contributed by atoms with E-state index < -0.39 is 17.5 Å². The highest BCUT2D eigenvalue weighted by atomic mass is 35.7. The van der Waals surface area contributed by atoms with Crippen molar-refractivity contribution in [2.45, 2.75) is 0 Å². The quantitative estimate of drug-likeness (QED) is 0.316. The van der Waals surface area contributed by atoms with Gasteiger partial charge in [0.2, 0.25) is 5.44 Å². The van der Waals surface area contributed by atoms with Gasteiger partial charge < -0.3 is 4.74 Å². The van der Waals surface area contributed by atoms with Crippen LogP contribution in [-0.4, -0.2) is 13.0 Å². The molecule has 4 aromatic rings. The summed E-state index contributed by atoms with van der Waals surface area (Å²) in [6.07, 6.45) is 0. The van der Waals surface area contributed by atoms with E-state index in [1.807, 2.05) is 60.7 Å². The van der Waals surface area contributed by atoms with Crippen LogP contribution < -0.4 is 44.6 Å². The van der Waals surface area contributed by atoms with Crippen LogP contribution in [0.5, 0.6) is 5.75 Å². The van der Waals surface area contributed by atoms with Crippen molar-refractivity contribution in [1.82, 2.24) is 5.32 Å². The van der Waals surface area contributed by atoms with Gasteiger partial charge in [-0.05, 0) is 48.5 Å². The van der Waals surface area contributed by atoms with Crippen LogP contribution in [0.25, 0.3) is 0 Å². The fourth-order valence-electron chi connectivity index (χ4n) is 4.05. The van der Waals surface area contributed by atoms with E-state index in [9.17, 15) is 4.79 Å². The van der Waals surface area contributed by atoms with E-state index in [0.717, 1.165) is 15.9 Å². The zero-order chi connectivity index (χ0) is 28.5. The Bertz CT molecular complexity index is 1290. The molecular weight excluding hydrogens is 584 g/mol. The molecule has 0 radical (unpaired) electrons. The first kappa shape index (κ1) is 30.6. The molecule has 0 aliphatic rings. The van der Waals surface area contributed by atoms with Gasteiger partial charge in [-0.3, -0.25) is 10.1 Å². The Kier molecular flexibility index (Phi) is 10.9. The van der Waals surface area contributed by atoms with Gasteiger partial charge in [-0.1, -0.05) is 89.9 Å². The minimum Gasteiger partial charge on any atom is -0.496 e. The largest absolute Gasteiger partial charge is 0.496 e. The molecular formula is C28H23Cl3NO6P. The van der Waals surface area contributed by atoms with Crippen molar-refractivity contribution < 1.29 is 38.4 Å². The zero-order valence-corrected chi connectivity index (χ0v) is 23.7. The second-order valence-electron chi connectivity index (χ2n) is 7.82. The summed E-state index contributed by atoms with van der Waals surface area (Å²) in [7, 11) is -6.08. The van der Waals surface area contributed by atoms with Crippen molar-refractivity contribution in [3.8, 4) is 5.75 Å². The number of carbonyl (C=O) groups excluding carboxylic acids is 1. The maximum atomic E-state index is 13.6. The van der Waals surface area contributed by atoms with Crippen LogP contribution in [0.4, 0.5) is 0 Å². The molecule has 4 aromatic carbocycles. The van der Waals surface area contributed by atoms with Gasteiger partial charge in [0.1, 0.15) is 21.7 Å². The summed E-state index contributed by atoms with van der Waals surface area (Å²) >= 11 is 13.2. The minimum atomic E-state index is -4.94. The summed E-state index contributed by atoms with van der Waals surface area (Å²) in [5.74, 6) is 0.117. The Morgan fingerprint density at radius 1 is 0.692 bits per heavy atom. The number of para-hydroxylation sites is 1. The minimum absolute atomic E-state index is 0.00754. The van der Waals surface area contributed by atoms with Gasteiger partial charge >= 0.3 is 0 Å². The topological polar surface area (TPSA) is 131 Å². The monoisotopic (exact) mass is 605 g/mol. The lowest BCUT2D eigenvalue weighted by Gasteiger charge is -2.29. The Morgan fingerprint density at radius 2 is 1.05 bits per heavy atom. The molecule has 4 rings (SSSR count). The van der Waals surface area contributed by atoms with E-state index in [-0.39, 0.29) is 10.4 Å². The van der Waals surface area contributed by atoms with E-state index in [2.05, 4.69) is 41.7 Å². The molecule has 0 unspecified atom stereocenters. The van der Waals surface area contributed by atoms with Crippen molar-refractivity contribution in [1.29, 1.82) is 0 Å². The van der Waals surface area contributed by atoms with Crippen LogP contribution in [0.3, 0.4) is 0 Å². The van der Waals surface area contributed by atoms with E-state index in [1.54, 1.807) is 18.2 Å². The number of hydrogen-bond donors (Lipinski definition) is 1. The first-order chi connectivity index (χ1) is 18.6. The number of halogens is 3. The Balaban J connectivity index is 0.000000771. The third-order valence-electron chi connectivity index (χ3n) is 5.53. The number of carbonyl (C=O) groups is 1. The molecule has 0 aromatic heterocycles. The lowest BCUT2D eigenvalue weighted by atomic mass is 10.2. The average molecular weight is 607 g/mol. The lowest BCUT2D eigenvalue weighted by molar-refractivity contribution is -2.00. The number of methoxy groups -OCH3 is 1. The molecule has 7 nitrogen and oxygen atoms in total. The van der Waals surface area contributed by atoms with Gasteiger partial charge in [-0.2, -0.15) is 0 Å². The highest BCUT2D eigenvalue weighted by Crippen LogP contribution is 2.63. The summed E-state index contributed by atoms with van der Waals surface area (Å²) < 4.78 is 39.4. The van der Waals surface area contributed by atoms with E-state index in [0.29, 0.717) is 16.8 Å². The Labute approximate surface area is 239 Å². The van der Waals surface area contributed by atoms with Crippen LogP contribution in [0.15, 0.2) is 125 Å². The number of nitrogens with one attached hydrogen (secondary N) is 1. The van der Waals surface area contributed by atoms with E-state index in [4.69, 9.17) is 46.6 Å². The fraction of sp³-hybridized carbons (Fsp3) is 0.0357. The first-order valence-electron chi connectivity index (χ1n) is 11.3. The SMILES string of the molecule is COc1ccccc1C(=O)NC(=C(Cl)Cl)[P+](c1ccccc1)(c1ccccc1)c1ccccc1.[O-][Cl+3]([O-])([O-])[O-]. The summed E-state index contributed by atoms with van der Waals surface area (Å²) in [5.41, 5.74) is 0.861. The smallest absolute Gasteiger partial charge is 0.261 e. The molecule has 0 fully saturated rings. The lowest BCUT2D eigenvalue weighted by Crippen LogP contribution is -2.68. The maximum Gasteiger partial charge on any atom is 0.261 e. The second kappa shape index (κ2) is 13.9. The standard InChI is InChI=1S/C28H22Cl2NO2P.ClHO4/c1-33-25-20-12-11-19-24(25)27(32)31-28(26(29)30)34(21-13-5-2-6-14-21,22-15-7-3-8-16-22)23-17-9-4-10-18-23;2-1(3,4)5/h2-20H,1H3;(H,2,3,4,5).